The zero-order valence-corrected chi connectivity index (χ0v) is 18.7. The first kappa shape index (κ1) is 23.9. The lowest BCUT2D eigenvalue weighted by Crippen LogP contribution is -2.14. The highest BCUT2D eigenvalue weighted by molar-refractivity contribution is 7.99. The Morgan fingerprint density at radius 2 is 1.70 bits per heavy atom. The molecule has 1 amide bonds. The topological polar surface area (TPSA) is 81.7 Å². The summed E-state index contributed by atoms with van der Waals surface area (Å²) in [4.78, 5) is 38.1. The monoisotopic (exact) mass is 453 g/mol. The van der Waals surface area contributed by atoms with Gasteiger partial charge in [0.25, 0.3) is 0 Å². The van der Waals surface area contributed by atoms with Gasteiger partial charge in [0.15, 0.2) is 0 Å². The number of hydrogen-bond acceptors (Lipinski definition) is 7. The molecule has 0 aliphatic heterocycles. The first-order chi connectivity index (χ1) is 14.4. The second-order valence-electron chi connectivity index (χ2n) is 6.16. The Balaban J connectivity index is 2.01. The fourth-order valence-electron chi connectivity index (χ4n) is 2.58. The van der Waals surface area contributed by atoms with Gasteiger partial charge in [-0.1, -0.05) is 0 Å². The number of carbonyl (C=O) groups excluding carboxylic acids is 3. The van der Waals surface area contributed by atoms with E-state index in [4.69, 9.17) is 9.47 Å². The van der Waals surface area contributed by atoms with Crippen molar-refractivity contribution in [1.82, 2.24) is 0 Å². The van der Waals surface area contributed by atoms with E-state index < -0.39 is 11.9 Å². The van der Waals surface area contributed by atoms with Crippen molar-refractivity contribution in [3.63, 3.8) is 0 Å². The van der Waals surface area contributed by atoms with Crippen molar-refractivity contribution in [1.29, 1.82) is 0 Å². The molecular formula is C21H24FNO5S2. The Morgan fingerprint density at radius 1 is 1.07 bits per heavy atom. The number of hydrogen-bond donors (Lipinski definition) is 1. The van der Waals surface area contributed by atoms with Gasteiger partial charge in [-0.05, 0) is 62.8 Å². The molecule has 6 nitrogen and oxygen atoms in total. The van der Waals surface area contributed by atoms with E-state index in [0.29, 0.717) is 17.7 Å². The third-order valence-electron chi connectivity index (χ3n) is 3.97. The molecule has 0 fully saturated rings. The van der Waals surface area contributed by atoms with E-state index in [2.05, 4.69) is 5.32 Å². The molecule has 1 aromatic carbocycles. The van der Waals surface area contributed by atoms with Crippen molar-refractivity contribution in [2.75, 3.05) is 24.3 Å². The predicted molar refractivity (Wildman–Crippen MR) is 116 cm³/mol. The number of benzene rings is 1. The molecule has 0 saturated carbocycles. The fourth-order valence-corrected chi connectivity index (χ4v) is 4.54. The highest BCUT2D eigenvalue weighted by Gasteiger charge is 2.27. The highest BCUT2D eigenvalue weighted by Crippen LogP contribution is 2.34. The van der Waals surface area contributed by atoms with Crippen LogP contribution >= 0.6 is 23.1 Å². The summed E-state index contributed by atoms with van der Waals surface area (Å²) in [7, 11) is 0. The van der Waals surface area contributed by atoms with Crippen LogP contribution < -0.4 is 5.32 Å². The fraction of sp³-hybridized carbons (Fsp3) is 0.381. The van der Waals surface area contributed by atoms with E-state index in [1.54, 1.807) is 32.9 Å². The Morgan fingerprint density at radius 3 is 2.33 bits per heavy atom. The van der Waals surface area contributed by atoms with Crippen LogP contribution in [0, 0.1) is 12.7 Å². The molecule has 0 bridgehead atoms. The van der Waals surface area contributed by atoms with Gasteiger partial charge in [-0.2, -0.15) is 0 Å². The van der Waals surface area contributed by atoms with Gasteiger partial charge >= 0.3 is 11.9 Å². The zero-order chi connectivity index (χ0) is 22.1. The summed E-state index contributed by atoms with van der Waals surface area (Å²) < 4.78 is 23.0. The molecule has 0 saturated heterocycles. The van der Waals surface area contributed by atoms with E-state index in [0.717, 1.165) is 16.2 Å². The van der Waals surface area contributed by atoms with Gasteiger partial charge < -0.3 is 14.8 Å². The smallest absolute Gasteiger partial charge is 0.348 e. The number of ether oxygens (including phenoxy) is 2. The molecule has 0 spiro atoms. The number of anilines is 1. The molecule has 1 heterocycles. The number of halogens is 1. The molecule has 2 aromatic rings. The minimum atomic E-state index is -0.594. The minimum absolute atomic E-state index is 0.177. The minimum Gasteiger partial charge on any atom is -0.462 e. The maximum absolute atomic E-state index is 12.9. The number of rotatable bonds is 10. The van der Waals surface area contributed by atoms with Crippen LogP contribution in [0.25, 0.3) is 0 Å². The second kappa shape index (κ2) is 11.7. The van der Waals surface area contributed by atoms with Crippen LogP contribution in [0.4, 0.5) is 9.39 Å². The Labute approximate surface area is 183 Å². The van der Waals surface area contributed by atoms with Crippen LogP contribution in [-0.2, 0) is 14.3 Å². The normalized spacial score (nSPS) is 10.5. The summed E-state index contributed by atoms with van der Waals surface area (Å²) in [6, 6.07) is 6.17. The van der Waals surface area contributed by atoms with Crippen LogP contribution in [-0.4, -0.2) is 36.8 Å². The maximum Gasteiger partial charge on any atom is 0.348 e. The first-order valence-electron chi connectivity index (χ1n) is 9.53. The SMILES string of the molecule is CCOC(=O)c1sc(NC(=O)CCCSc2ccc(F)cc2)c(C(=O)OCC)c1C. The molecule has 162 valence electrons. The third-order valence-corrected chi connectivity index (χ3v) is 6.26. The van der Waals surface area contributed by atoms with E-state index in [-0.39, 0.29) is 46.8 Å². The Kier molecular flexibility index (Phi) is 9.32. The van der Waals surface area contributed by atoms with E-state index in [1.165, 1.54) is 23.9 Å². The third kappa shape index (κ3) is 6.56. The van der Waals surface area contributed by atoms with E-state index >= 15 is 0 Å². The van der Waals surface area contributed by atoms with Crippen LogP contribution in [0.15, 0.2) is 29.2 Å². The van der Waals surface area contributed by atoms with Crippen molar-refractivity contribution in [2.24, 2.45) is 0 Å². The number of amides is 1. The summed E-state index contributed by atoms with van der Waals surface area (Å²) in [5.74, 6) is -1.01. The molecule has 30 heavy (non-hydrogen) atoms. The molecule has 1 aromatic heterocycles. The number of esters is 2. The summed E-state index contributed by atoms with van der Waals surface area (Å²) in [5, 5.41) is 3.01. The van der Waals surface area contributed by atoms with Crippen LogP contribution in [0.2, 0.25) is 0 Å². The van der Waals surface area contributed by atoms with Crippen LogP contribution in [0.1, 0.15) is 52.3 Å². The lowest BCUT2D eigenvalue weighted by molar-refractivity contribution is -0.116. The van der Waals surface area contributed by atoms with Gasteiger partial charge in [0.1, 0.15) is 15.7 Å². The molecule has 0 aliphatic rings. The van der Waals surface area contributed by atoms with Gasteiger partial charge in [-0.15, -0.1) is 23.1 Å². The van der Waals surface area contributed by atoms with Crippen molar-refractivity contribution < 1.29 is 28.2 Å². The maximum atomic E-state index is 12.9. The molecule has 9 heteroatoms. The zero-order valence-electron chi connectivity index (χ0n) is 17.1. The van der Waals surface area contributed by atoms with Crippen LogP contribution in [0.3, 0.4) is 0 Å². The molecule has 1 N–H and O–H groups in total. The van der Waals surface area contributed by atoms with Gasteiger partial charge in [0.05, 0.1) is 18.8 Å². The predicted octanol–water partition coefficient (Wildman–Crippen LogP) is 5.06. The van der Waals surface area contributed by atoms with E-state index in [1.807, 2.05) is 0 Å². The standard InChI is InChI=1S/C21H24FNO5S2/c1-4-27-20(25)17-13(3)18(21(26)28-5-2)30-19(17)23-16(24)7-6-12-29-15-10-8-14(22)9-11-15/h8-11H,4-7,12H2,1-3H3,(H,23,24). The molecule has 0 aliphatic carbocycles. The van der Waals surface area contributed by atoms with Crippen molar-refractivity contribution >= 4 is 45.9 Å². The first-order valence-corrected chi connectivity index (χ1v) is 11.3. The number of thiophene rings is 1. The number of nitrogens with one attached hydrogen (secondary N) is 1. The molecule has 2 rings (SSSR count). The number of thioether (sulfide) groups is 1. The second-order valence-corrected chi connectivity index (χ2v) is 8.34. The van der Waals surface area contributed by atoms with Crippen molar-refractivity contribution in [3.8, 4) is 0 Å². The lowest BCUT2D eigenvalue weighted by Gasteiger charge is -2.07. The van der Waals surface area contributed by atoms with Crippen molar-refractivity contribution in [3.05, 3.63) is 46.1 Å². The highest BCUT2D eigenvalue weighted by atomic mass is 32.2. The summed E-state index contributed by atoms with van der Waals surface area (Å²) in [6.07, 6.45) is 0.833. The Hall–Kier alpha value is -2.39. The van der Waals surface area contributed by atoms with E-state index in [9.17, 15) is 18.8 Å². The molecule has 0 atom stereocenters. The average molecular weight is 454 g/mol. The van der Waals surface area contributed by atoms with Crippen molar-refractivity contribution in [2.45, 2.75) is 38.5 Å². The van der Waals surface area contributed by atoms with Gasteiger partial charge in [-0.25, -0.2) is 14.0 Å². The van der Waals surface area contributed by atoms with Gasteiger partial charge in [0, 0.05) is 11.3 Å². The molecular weight excluding hydrogens is 429 g/mol. The quantitative estimate of drug-likeness (QED) is 0.308. The summed E-state index contributed by atoms with van der Waals surface area (Å²) >= 11 is 2.53. The largest absolute Gasteiger partial charge is 0.462 e. The summed E-state index contributed by atoms with van der Waals surface area (Å²) in [5.41, 5.74) is 0.609. The van der Waals surface area contributed by atoms with Crippen LogP contribution in [0.5, 0.6) is 0 Å². The lowest BCUT2D eigenvalue weighted by atomic mass is 10.1. The molecule has 0 unspecified atom stereocenters. The van der Waals surface area contributed by atoms with Gasteiger partial charge in [0.2, 0.25) is 5.91 Å². The molecule has 0 radical (unpaired) electrons. The summed E-state index contributed by atoms with van der Waals surface area (Å²) in [6.45, 7) is 5.39. The van der Waals surface area contributed by atoms with Gasteiger partial charge in [-0.3, -0.25) is 4.79 Å². The number of carbonyl (C=O) groups is 3. The Bertz CT molecular complexity index is 896. The average Bonchev–Trinajstić information content (AvgIpc) is 3.03.